The highest BCUT2D eigenvalue weighted by Crippen LogP contribution is 2.55. The minimum atomic E-state index is -0.230. The van der Waals surface area contributed by atoms with Crippen molar-refractivity contribution in [1.82, 2.24) is 24.1 Å². The van der Waals surface area contributed by atoms with Crippen molar-refractivity contribution in [2.45, 2.75) is 38.5 Å². The van der Waals surface area contributed by atoms with Crippen LogP contribution in [-0.2, 0) is 10.8 Å². The van der Waals surface area contributed by atoms with E-state index in [2.05, 4.69) is 207 Å². The highest BCUT2D eigenvalue weighted by atomic mass is 15.0. The number of aromatic nitrogens is 5. The number of nitriles is 2. The van der Waals surface area contributed by atoms with Gasteiger partial charge >= 0.3 is 0 Å². The summed E-state index contributed by atoms with van der Waals surface area (Å²) in [6.45, 7) is 9.41. The van der Waals surface area contributed by atoms with E-state index in [1.54, 1.807) is 0 Å². The molecule has 0 aliphatic heterocycles. The molecule has 394 valence electrons. The van der Waals surface area contributed by atoms with Crippen molar-refractivity contribution in [2.24, 2.45) is 0 Å². The Morgan fingerprint density at radius 1 is 0.321 bits per heavy atom. The fourth-order valence-electron chi connectivity index (χ4n) is 14.2. The Morgan fingerprint density at radius 3 is 1.14 bits per heavy atom. The first kappa shape index (κ1) is 48.9. The number of hydrogen-bond donors (Lipinski definition) is 0. The van der Waals surface area contributed by atoms with Gasteiger partial charge in [0.25, 0.3) is 0 Å². The standard InChI is InChI=1S/C77H51N7/c1-76(2)61-22-12-8-18-53(61)55-36-40-67-69(71(55)76)57-20-10-14-24-63(57)83(67)65-38-34-51(42-59(65)48-30-26-46(44-78)27-31-48)74-80-73(50-16-6-5-7-17-50)81-75(82-74)52-35-39-66(60(43-52)49-32-28-47(45-79)29-33-49)84-64-25-15-11-21-58(64)70-68(84)41-37-56-54-19-9-13-23-62(54)77(3,4)72(56)70/h5-43H,1-4H3. The molecule has 16 rings (SSSR count). The summed E-state index contributed by atoms with van der Waals surface area (Å²) in [4.78, 5) is 16.0. The average Bonchev–Trinajstić information content (AvgIpc) is 1.59. The number of rotatable bonds is 7. The van der Waals surface area contributed by atoms with Gasteiger partial charge < -0.3 is 9.13 Å². The topological polar surface area (TPSA) is 96.1 Å². The summed E-state index contributed by atoms with van der Waals surface area (Å²) in [6, 6.07) is 87.9. The van der Waals surface area contributed by atoms with Crippen LogP contribution in [0.15, 0.2) is 237 Å². The minimum absolute atomic E-state index is 0.230. The smallest absolute Gasteiger partial charge is 0.164 e. The van der Waals surface area contributed by atoms with Gasteiger partial charge in [-0.2, -0.15) is 10.5 Å². The summed E-state index contributed by atoms with van der Waals surface area (Å²) in [7, 11) is 0. The summed E-state index contributed by atoms with van der Waals surface area (Å²) in [5.41, 5.74) is 23.9. The van der Waals surface area contributed by atoms with Crippen LogP contribution in [0.4, 0.5) is 0 Å². The molecular formula is C77H51N7. The van der Waals surface area contributed by atoms with Gasteiger partial charge in [-0.25, -0.2) is 15.0 Å². The van der Waals surface area contributed by atoms with Crippen LogP contribution in [0.25, 0.3) is 134 Å². The molecule has 7 nitrogen and oxygen atoms in total. The Labute approximate surface area is 486 Å². The molecule has 0 atom stereocenters. The van der Waals surface area contributed by atoms with Crippen molar-refractivity contribution < 1.29 is 0 Å². The van der Waals surface area contributed by atoms with Crippen LogP contribution in [-0.4, -0.2) is 24.1 Å². The maximum Gasteiger partial charge on any atom is 0.164 e. The zero-order valence-electron chi connectivity index (χ0n) is 46.6. The van der Waals surface area contributed by atoms with Gasteiger partial charge in [-0.15, -0.1) is 0 Å². The first-order valence-electron chi connectivity index (χ1n) is 28.5. The minimum Gasteiger partial charge on any atom is -0.309 e. The number of para-hydroxylation sites is 2. The third kappa shape index (κ3) is 7.13. The summed E-state index contributed by atoms with van der Waals surface area (Å²) in [6.07, 6.45) is 0. The molecule has 0 bridgehead atoms. The second-order valence-electron chi connectivity index (χ2n) is 23.3. The monoisotopic (exact) mass is 1070 g/mol. The van der Waals surface area contributed by atoms with E-state index in [-0.39, 0.29) is 10.8 Å². The quantitative estimate of drug-likeness (QED) is 0.158. The van der Waals surface area contributed by atoms with E-state index in [4.69, 9.17) is 15.0 Å². The molecule has 0 fully saturated rings. The van der Waals surface area contributed by atoms with Crippen molar-refractivity contribution in [3.63, 3.8) is 0 Å². The molecule has 0 unspecified atom stereocenters. The van der Waals surface area contributed by atoms with E-state index < -0.39 is 0 Å². The van der Waals surface area contributed by atoms with Crippen molar-refractivity contribution in [2.75, 3.05) is 0 Å². The van der Waals surface area contributed by atoms with Crippen LogP contribution in [0.5, 0.6) is 0 Å². The predicted molar refractivity (Wildman–Crippen MR) is 340 cm³/mol. The van der Waals surface area contributed by atoms with Gasteiger partial charge in [0.2, 0.25) is 0 Å². The Bertz CT molecular complexity index is 4890. The molecule has 11 aromatic carbocycles. The van der Waals surface area contributed by atoms with Crippen LogP contribution in [0.3, 0.4) is 0 Å². The molecule has 2 aliphatic rings. The van der Waals surface area contributed by atoms with Gasteiger partial charge in [-0.3, -0.25) is 0 Å². The number of benzene rings is 11. The first-order valence-corrected chi connectivity index (χ1v) is 28.5. The van der Waals surface area contributed by atoms with E-state index in [0.29, 0.717) is 28.6 Å². The van der Waals surface area contributed by atoms with Crippen molar-refractivity contribution >= 4 is 43.6 Å². The van der Waals surface area contributed by atoms with E-state index >= 15 is 0 Å². The third-order valence-corrected chi connectivity index (χ3v) is 18.0. The molecule has 0 N–H and O–H groups in total. The normalized spacial score (nSPS) is 13.4. The van der Waals surface area contributed by atoms with Crippen LogP contribution in [0, 0.1) is 22.7 Å². The van der Waals surface area contributed by atoms with Gasteiger partial charge in [0, 0.05) is 60.2 Å². The number of hydrogen-bond acceptors (Lipinski definition) is 5. The summed E-state index contributed by atoms with van der Waals surface area (Å²) >= 11 is 0. The molecule has 0 radical (unpaired) electrons. The zero-order chi connectivity index (χ0) is 56.6. The molecule has 0 saturated carbocycles. The zero-order valence-corrected chi connectivity index (χ0v) is 46.6. The van der Waals surface area contributed by atoms with E-state index in [0.717, 1.165) is 72.4 Å². The summed E-state index contributed by atoms with van der Waals surface area (Å²) < 4.78 is 4.82. The van der Waals surface area contributed by atoms with Crippen molar-refractivity contribution in [1.29, 1.82) is 10.5 Å². The largest absolute Gasteiger partial charge is 0.309 e. The van der Waals surface area contributed by atoms with Gasteiger partial charge in [-0.1, -0.05) is 179 Å². The van der Waals surface area contributed by atoms with Crippen LogP contribution >= 0.6 is 0 Å². The van der Waals surface area contributed by atoms with E-state index in [9.17, 15) is 10.5 Å². The predicted octanol–water partition coefficient (Wildman–Crippen LogP) is 18.8. The molecule has 14 aromatic rings. The molecule has 3 aromatic heterocycles. The molecule has 0 amide bonds. The molecule has 7 heteroatoms. The maximum atomic E-state index is 9.99. The van der Waals surface area contributed by atoms with Crippen LogP contribution in [0.2, 0.25) is 0 Å². The Morgan fingerprint density at radius 2 is 0.702 bits per heavy atom. The Kier molecular flexibility index (Phi) is 10.6. The Hall–Kier alpha value is -11.0. The van der Waals surface area contributed by atoms with Gasteiger partial charge in [-0.05, 0) is 141 Å². The SMILES string of the molecule is CC1(C)c2ccccc2-c2ccc3c(c21)c1ccccc1n3-c1ccc(-c2nc(-c3ccccc3)nc(-c3ccc(-n4c5ccccc5c5c6c(ccc54)-c4ccccc4C6(C)C)c(-c4ccc(C#N)cc4)c3)n2)cc1-c1ccc(C#N)cc1. The Balaban J connectivity index is 0.907. The lowest BCUT2D eigenvalue weighted by Crippen LogP contribution is -2.15. The summed E-state index contributed by atoms with van der Waals surface area (Å²) in [5, 5.41) is 24.9. The second-order valence-corrected chi connectivity index (χ2v) is 23.3. The third-order valence-electron chi connectivity index (χ3n) is 18.0. The molecule has 0 saturated heterocycles. The average molecular weight is 1070 g/mol. The summed E-state index contributed by atoms with van der Waals surface area (Å²) in [5.74, 6) is 1.58. The van der Waals surface area contributed by atoms with Gasteiger partial charge in [0.05, 0.1) is 56.7 Å². The van der Waals surface area contributed by atoms with Gasteiger partial charge in [0.1, 0.15) is 0 Å². The molecule has 0 spiro atoms. The molecule has 3 heterocycles. The number of nitrogens with zero attached hydrogens (tertiary/aromatic N) is 7. The van der Waals surface area contributed by atoms with Crippen molar-refractivity contribution in [3.05, 3.63) is 270 Å². The maximum absolute atomic E-state index is 9.99. The lowest BCUT2D eigenvalue weighted by Gasteiger charge is -2.22. The fourth-order valence-corrected chi connectivity index (χ4v) is 14.2. The van der Waals surface area contributed by atoms with E-state index in [1.807, 2.05) is 78.9 Å². The second kappa shape index (κ2) is 18.3. The lowest BCUT2D eigenvalue weighted by molar-refractivity contribution is 0.666. The van der Waals surface area contributed by atoms with Crippen LogP contribution < -0.4 is 0 Å². The van der Waals surface area contributed by atoms with Gasteiger partial charge in [0.15, 0.2) is 17.5 Å². The molecule has 2 aliphatic carbocycles. The van der Waals surface area contributed by atoms with E-state index in [1.165, 1.54) is 66.1 Å². The number of fused-ring (bicyclic) bond motifs is 14. The lowest BCUT2D eigenvalue weighted by atomic mass is 9.80. The van der Waals surface area contributed by atoms with Crippen LogP contribution in [0.1, 0.15) is 61.1 Å². The first-order chi connectivity index (χ1) is 41.1. The highest BCUT2D eigenvalue weighted by Gasteiger charge is 2.40. The molecule has 84 heavy (non-hydrogen) atoms. The van der Waals surface area contributed by atoms with Crippen molar-refractivity contribution in [3.8, 4) is 102 Å². The fraction of sp³-hybridized carbons (Fsp3) is 0.0779. The molecular weight excluding hydrogens is 1020 g/mol. The highest BCUT2D eigenvalue weighted by molar-refractivity contribution is 6.16.